The van der Waals surface area contributed by atoms with Crippen molar-refractivity contribution in [1.82, 2.24) is 10.2 Å². The summed E-state index contributed by atoms with van der Waals surface area (Å²) >= 11 is 12.3. The van der Waals surface area contributed by atoms with Gasteiger partial charge in [0.05, 0.1) is 22.0 Å². The van der Waals surface area contributed by atoms with Crippen molar-refractivity contribution in [2.45, 2.75) is 78.9 Å². The van der Waals surface area contributed by atoms with Crippen molar-refractivity contribution >= 4 is 50.7 Å². The predicted molar refractivity (Wildman–Crippen MR) is 156 cm³/mol. The highest BCUT2D eigenvalue weighted by Gasteiger charge is 2.29. The first-order valence-corrected chi connectivity index (χ1v) is 15.5. The molecule has 0 unspecified atom stereocenters. The van der Waals surface area contributed by atoms with E-state index in [2.05, 4.69) is 5.32 Å². The highest BCUT2D eigenvalue weighted by molar-refractivity contribution is 7.92. The number of nitrogens with zero attached hydrogens (tertiary/aromatic N) is 2. The molecule has 210 valence electrons. The zero-order valence-electron chi connectivity index (χ0n) is 23.1. The summed E-state index contributed by atoms with van der Waals surface area (Å²) in [4.78, 5) is 28.2. The predicted octanol–water partition coefficient (Wildman–Crippen LogP) is 5.88. The smallest absolute Gasteiger partial charge is 0.243 e. The molecular weight excluding hydrogens is 545 g/mol. The summed E-state index contributed by atoms with van der Waals surface area (Å²) in [6, 6.07) is 9.91. The van der Waals surface area contributed by atoms with Gasteiger partial charge in [-0.3, -0.25) is 13.9 Å². The third-order valence-electron chi connectivity index (χ3n) is 6.65. The van der Waals surface area contributed by atoms with Gasteiger partial charge in [0.1, 0.15) is 6.04 Å². The van der Waals surface area contributed by atoms with Crippen LogP contribution in [0.2, 0.25) is 10.0 Å². The van der Waals surface area contributed by atoms with E-state index in [-0.39, 0.29) is 37.4 Å². The highest BCUT2D eigenvalue weighted by atomic mass is 35.5. The van der Waals surface area contributed by atoms with Crippen LogP contribution < -0.4 is 9.62 Å². The lowest BCUT2D eigenvalue weighted by Crippen LogP contribution is -2.50. The Bertz CT molecular complexity index is 1240. The number of nitrogens with one attached hydrogen (secondary N) is 1. The Morgan fingerprint density at radius 2 is 1.66 bits per heavy atom. The summed E-state index contributed by atoms with van der Waals surface area (Å²) in [5, 5.41) is 3.75. The molecular formula is C28H39Cl2N3O4S. The lowest BCUT2D eigenvalue weighted by Gasteiger charge is -2.32. The molecule has 38 heavy (non-hydrogen) atoms. The third kappa shape index (κ3) is 8.89. The molecule has 0 aliphatic heterocycles. The van der Waals surface area contributed by atoms with E-state index in [1.54, 1.807) is 29.2 Å². The zero-order valence-corrected chi connectivity index (χ0v) is 25.4. The average molecular weight is 585 g/mol. The number of rotatable bonds is 13. The lowest BCUT2D eigenvalue weighted by atomic mass is 10.1. The molecule has 10 heteroatoms. The number of hydrogen-bond donors (Lipinski definition) is 1. The van der Waals surface area contributed by atoms with Crippen LogP contribution in [-0.2, 0) is 26.2 Å². The minimum atomic E-state index is -3.56. The fraction of sp³-hybridized carbons (Fsp3) is 0.500. The van der Waals surface area contributed by atoms with E-state index in [1.807, 2.05) is 46.8 Å². The first kappa shape index (κ1) is 31.9. The van der Waals surface area contributed by atoms with Gasteiger partial charge in [-0.25, -0.2) is 8.42 Å². The summed E-state index contributed by atoms with van der Waals surface area (Å²) in [6.07, 6.45) is 2.72. The van der Waals surface area contributed by atoms with E-state index >= 15 is 0 Å². The maximum absolute atomic E-state index is 13.5. The molecule has 0 saturated carbocycles. The normalized spacial score (nSPS) is 13.1. The molecule has 1 N–H and O–H groups in total. The van der Waals surface area contributed by atoms with Gasteiger partial charge in [-0.05, 0) is 81.0 Å². The van der Waals surface area contributed by atoms with Gasteiger partial charge >= 0.3 is 0 Å². The molecule has 0 heterocycles. The average Bonchev–Trinajstić information content (AvgIpc) is 2.84. The largest absolute Gasteiger partial charge is 0.352 e. The molecule has 0 fully saturated rings. The van der Waals surface area contributed by atoms with Gasteiger partial charge in [-0.15, -0.1) is 0 Å². The van der Waals surface area contributed by atoms with Crippen molar-refractivity contribution < 1.29 is 18.0 Å². The van der Waals surface area contributed by atoms with E-state index < -0.39 is 16.1 Å². The SMILES string of the molecule is CC[C@@H](C)NC(=O)[C@H](CC)N(Cc1ccc(Cl)c(Cl)c1)C(=O)CCCN(c1ccc(C)c(C)c1)S(C)(=O)=O. The van der Waals surface area contributed by atoms with Crippen molar-refractivity contribution in [3.8, 4) is 0 Å². The summed E-state index contributed by atoms with van der Waals surface area (Å²) in [5.74, 6) is -0.459. The fourth-order valence-corrected chi connectivity index (χ4v) is 5.36. The van der Waals surface area contributed by atoms with Crippen molar-refractivity contribution in [2.75, 3.05) is 17.1 Å². The van der Waals surface area contributed by atoms with Gasteiger partial charge in [0.2, 0.25) is 21.8 Å². The fourth-order valence-electron chi connectivity index (χ4n) is 4.08. The number of halogens is 2. The van der Waals surface area contributed by atoms with Gasteiger partial charge < -0.3 is 10.2 Å². The number of amides is 2. The molecule has 0 aliphatic carbocycles. The Kier molecular flexibility index (Phi) is 11.9. The standard InChI is InChI=1S/C28H39Cl2N3O4S/c1-7-21(5)31-28(35)26(8-2)32(18-22-12-14-24(29)25(30)17-22)27(34)10-9-15-33(38(6,36)37)23-13-11-19(3)20(4)16-23/h11-14,16-17,21,26H,7-10,15,18H2,1-6H3,(H,31,35)/t21-,26+/m1/s1. The summed E-state index contributed by atoms with van der Waals surface area (Å²) in [6.45, 7) is 9.97. The number of carbonyl (C=O) groups excluding carboxylic acids is 2. The second kappa shape index (κ2) is 14.2. The molecule has 7 nitrogen and oxygen atoms in total. The second-order valence-corrected chi connectivity index (χ2v) is 12.4. The number of benzene rings is 2. The summed E-state index contributed by atoms with van der Waals surface area (Å²) < 4.78 is 26.5. The lowest BCUT2D eigenvalue weighted by molar-refractivity contribution is -0.141. The molecule has 0 radical (unpaired) electrons. The molecule has 0 spiro atoms. The quantitative estimate of drug-likeness (QED) is 0.319. The van der Waals surface area contributed by atoms with Crippen molar-refractivity contribution in [1.29, 1.82) is 0 Å². The topological polar surface area (TPSA) is 86.8 Å². The van der Waals surface area contributed by atoms with Crippen LogP contribution in [0.4, 0.5) is 5.69 Å². The van der Waals surface area contributed by atoms with E-state index in [0.29, 0.717) is 28.6 Å². The molecule has 0 saturated heterocycles. The zero-order chi connectivity index (χ0) is 28.6. The molecule has 0 bridgehead atoms. The van der Waals surface area contributed by atoms with Crippen LogP contribution >= 0.6 is 23.2 Å². The Morgan fingerprint density at radius 3 is 2.21 bits per heavy atom. The van der Waals surface area contributed by atoms with Crippen LogP contribution in [0.15, 0.2) is 36.4 Å². The number of hydrogen-bond acceptors (Lipinski definition) is 4. The van der Waals surface area contributed by atoms with E-state index in [9.17, 15) is 18.0 Å². The van der Waals surface area contributed by atoms with Crippen LogP contribution in [-0.4, -0.2) is 50.0 Å². The summed E-state index contributed by atoms with van der Waals surface area (Å²) in [7, 11) is -3.56. The van der Waals surface area contributed by atoms with Crippen LogP contribution in [0.5, 0.6) is 0 Å². The molecule has 2 aromatic carbocycles. The van der Waals surface area contributed by atoms with E-state index in [1.165, 1.54) is 4.31 Å². The van der Waals surface area contributed by atoms with E-state index in [4.69, 9.17) is 23.2 Å². The van der Waals surface area contributed by atoms with Crippen LogP contribution in [0, 0.1) is 13.8 Å². The Morgan fingerprint density at radius 1 is 0.974 bits per heavy atom. The van der Waals surface area contributed by atoms with Crippen LogP contribution in [0.25, 0.3) is 0 Å². The van der Waals surface area contributed by atoms with Crippen LogP contribution in [0.1, 0.15) is 63.1 Å². The minimum Gasteiger partial charge on any atom is -0.352 e. The Hall–Kier alpha value is -2.29. The first-order valence-electron chi connectivity index (χ1n) is 12.9. The maximum atomic E-state index is 13.5. The van der Waals surface area contributed by atoms with Crippen molar-refractivity contribution in [3.63, 3.8) is 0 Å². The van der Waals surface area contributed by atoms with Gasteiger partial charge in [0.25, 0.3) is 0 Å². The first-order chi connectivity index (χ1) is 17.8. The maximum Gasteiger partial charge on any atom is 0.243 e. The molecule has 0 aliphatic rings. The second-order valence-electron chi connectivity index (χ2n) is 9.72. The molecule has 2 aromatic rings. The minimum absolute atomic E-state index is 0.0280. The van der Waals surface area contributed by atoms with Gasteiger partial charge in [0, 0.05) is 25.6 Å². The molecule has 2 rings (SSSR count). The van der Waals surface area contributed by atoms with Crippen LogP contribution in [0.3, 0.4) is 0 Å². The molecule has 0 aromatic heterocycles. The third-order valence-corrected chi connectivity index (χ3v) is 8.59. The van der Waals surface area contributed by atoms with E-state index in [0.717, 1.165) is 29.4 Å². The van der Waals surface area contributed by atoms with Crippen molar-refractivity contribution in [3.05, 3.63) is 63.1 Å². The summed E-state index contributed by atoms with van der Waals surface area (Å²) in [5.41, 5.74) is 3.36. The molecule has 2 atom stereocenters. The van der Waals surface area contributed by atoms with Crippen molar-refractivity contribution in [2.24, 2.45) is 0 Å². The number of anilines is 1. The number of aryl methyl sites for hydroxylation is 2. The monoisotopic (exact) mass is 583 g/mol. The van der Waals surface area contributed by atoms with Gasteiger partial charge in [-0.1, -0.05) is 49.2 Å². The van der Waals surface area contributed by atoms with Gasteiger partial charge in [0.15, 0.2) is 0 Å². The van der Waals surface area contributed by atoms with Gasteiger partial charge in [-0.2, -0.15) is 0 Å². The number of sulfonamides is 1. The Balaban J connectivity index is 2.27. The molecule has 2 amide bonds. The number of carbonyl (C=O) groups is 2. The highest BCUT2D eigenvalue weighted by Crippen LogP contribution is 2.25. The Labute approximate surface area is 237 Å².